The molecule has 1 atom stereocenters. The van der Waals surface area contributed by atoms with Crippen molar-refractivity contribution in [2.24, 2.45) is 0 Å². The quantitative estimate of drug-likeness (QED) is 0.400. The van der Waals surface area contributed by atoms with E-state index in [1.165, 1.54) is 0 Å². The average Bonchev–Trinajstić information content (AvgIpc) is 3.46. The number of imidazole rings is 1. The van der Waals surface area contributed by atoms with Crippen molar-refractivity contribution < 1.29 is 26.3 Å². The van der Waals surface area contributed by atoms with Crippen molar-refractivity contribution in [3.63, 3.8) is 0 Å². The van der Waals surface area contributed by atoms with Crippen LogP contribution in [0.4, 0.5) is 18.9 Å². The molecule has 0 bridgehead atoms. The van der Waals surface area contributed by atoms with Crippen LogP contribution in [-0.4, -0.2) is 45.2 Å². The second-order valence-corrected chi connectivity index (χ2v) is 9.93. The van der Waals surface area contributed by atoms with Gasteiger partial charge in [0.2, 0.25) is 5.88 Å². The number of aryl methyl sites for hydroxylation is 1. The van der Waals surface area contributed by atoms with E-state index < -0.39 is 44.0 Å². The third-order valence-corrected chi connectivity index (χ3v) is 7.32. The van der Waals surface area contributed by atoms with Crippen molar-refractivity contribution in [3.8, 4) is 17.4 Å². The predicted octanol–water partition coefficient (Wildman–Crippen LogP) is 3.33. The molecular formula is C22H20F3N7O3S. The molecule has 2 N–H and O–H groups in total. The number of rotatable bonds is 6. The van der Waals surface area contributed by atoms with Gasteiger partial charge in [0.05, 0.1) is 25.3 Å². The fourth-order valence-electron chi connectivity index (χ4n) is 4.33. The van der Waals surface area contributed by atoms with E-state index in [0.29, 0.717) is 36.3 Å². The van der Waals surface area contributed by atoms with E-state index in [4.69, 9.17) is 4.74 Å². The van der Waals surface area contributed by atoms with Gasteiger partial charge in [0.1, 0.15) is 23.2 Å². The molecule has 0 spiro atoms. The van der Waals surface area contributed by atoms with Gasteiger partial charge in [-0.3, -0.25) is 4.72 Å². The number of nitrogens with one attached hydrogen (secondary N) is 2. The molecule has 0 fully saturated rings. The summed E-state index contributed by atoms with van der Waals surface area (Å²) in [5, 5.41) is 8.00. The number of methoxy groups -OCH3 is 1. The summed E-state index contributed by atoms with van der Waals surface area (Å²) < 4.78 is 78.6. The Hall–Kier alpha value is -3.94. The fraction of sp³-hybridized carbons (Fsp3) is 0.273. The molecule has 1 aromatic carbocycles. The summed E-state index contributed by atoms with van der Waals surface area (Å²) in [6.07, 6.45) is 3.20. The lowest BCUT2D eigenvalue weighted by atomic mass is 9.89. The molecule has 4 heterocycles. The predicted molar refractivity (Wildman–Crippen MR) is 121 cm³/mol. The molecule has 1 aliphatic heterocycles. The van der Waals surface area contributed by atoms with Crippen LogP contribution in [0.5, 0.6) is 5.88 Å². The summed E-state index contributed by atoms with van der Waals surface area (Å²) in [5.41, 5.74) is 0.739. The number of pyridine rings is 1. The minimum atomic E-state index is -4.51. The van der Waals surface area contributed by atoms with E-state index in [2.05, 4.69) is 29.9 Å². The fourth-order valence-corrected chi connectivity index (χ4v) is 5.52. The minimum Gasteiger partial charge on any atom is -0.480 e. The zero-order chi connectivity index (χ0) is 25.6. The van der Waals surface area contributed by atoms with Crippen LogP contribution in [0.15, 0.2) is 35.6 Å². The first-order chi connectivity index (χ1) is 17.2. The molecule has 0 amide bonds. The summed E-state index contributed by atoms with van der Waals surface area (Å²) in [5.74, 6) is -2.60. The van der Waals surface area contributed by atoms with Gasteiger partial charge in [-0.2, -0.15) is 0 Å². The van der Waals surface area contributed by atoms with E-state index in [1.54, 1.807) is 17.8 Å². The van der Waals surface area contributed by atoms with Crippen LogP contribution in [0.1, 0.15) is 29.4 Å². The number of ether oxygens (including phenoxy) is 1. The molecule has 3 aromatic heterocycles. The summed E-state index contributed by atoms with van der Waals surface area (Å²) in [6, 6.07) is 2.66. The topological polar surface area (TPSA) is 128 Å². The van der Waals surface area contributed by atoms with Gasteiger partial charge in [0, 0.05) is 29.8 Å². The highest BCUT2D eigenvalue weighted by molar-refractivity contribution is 7.92. The Bertz CT molecular complexity index is 1570. The van der Waals surface area contributed by atoms with Crippen LogP contribution in [0.25, 0.3) is 11.5 Å². The molecule has 0 aliphatic carbocycles. The van der Waals surface area contributed by atoms with Gasteiger partial charge in [-0.15, -0.1) is 10.2 Å². The molecule has 188 valence electrons. The Morgan fingerprint density at radius 3 is 2.72 bits per heavy atom. The third kappa shape index (κ3) is 4.17. The van der Waals surface area contributed by atoms with Crippen LogP contribution in [-0.2, 0) is 23.0 Å². The molecule has 1 aliphatic rings. The molecule has 36 heavy (non-hydrogen) atoms. The second kappa shape index (κ2) is 8.93. The smallest absolute Gasteiger partial charge is 0.267 e. The lowest BCUT2D eigenvalue weighted by Gasteiger charge is -2.26. The lowest BCUT2D eigenvalue weighted by molar-refractivity contribution is 0.382. The number of nitrogens with zero attached hydrogens (tertiary/aromatic N) is 5. The summed E-state index contributed by atoms with van der Waals surface area (Å²) in [7, 11) is -3.34. The first-order valence-electron chi connectivity index (χ1n) is 10.8. The second-order valence-electron chi connectivity index (χ2n) is 8.28. The normalized spacial score (nSPS) is 15.5. The van der Waals surface area contributed by atoms with E-state index in [-0.39, 0.29) is 18.0 Å². The van der Waals surface area contributed by atoms with Crippen molar-refractivity contribution in [2.45, 2.75) is 37.1 Å². The Morgan fingerprint density at radius 1 is 1.19 bits per heavy atom. The number of aromatic amines is 1. The number of aromatic nitrogens is 6. The Morgan fingerprint density at radius 2 is 2.00 bits per heavy atom. The molecule has 0 radical (unpaired) electrons. The molecule has 0 unspecified atom stereocenters. The third-order valence-electron chi connectivity index (χ3n) is 5.96. The Labute approximate surface area is 203 Å². The Balaban J connectivity index is 1.45. The van der Waals surface area contributed by atoms with Gasteiger partial charge in [0.15, 0.2) is 16.5 Å². The van der Waals surface area contributed by atoms with Gasteiger partial charge in [-0.05, 0) is 31.9 Å². The standard InChI is InChI=1S/C22H20F3N7O3S/c1-11-28-21(30-29-11)20-16-6-3-12(9-32(16)10-27-20)18-14(24)4-5-15(19(18)25)31-36(33,34)17-7-13(23)8-26-22(17)35-2/h4-5,7-8,10,12,31H,3,6,9H2,1-2H3,(H,28,29,30)/t12-/m0/s1. The molecule has 5 rings (SSSR count). The number of hydrogen-bond acceptors (Lipinski definition) is 7. The van der Waals surface area contributed by atoms with Gasteiger partial charge in [-0.1, -0.05) is 0 Å². The van der Waals surface area contributed by atoms with Gasteiger partial charge in [0.25, 0.3) is 10.0 Å². The van der Waals surface area contributed by atoms with Crippen molar-refractivity contribution in [2.75, 3.05) is 11.8 Å². The van der Waals surface area contributed by atoms with Crippen molar-refractivity contribution >= 4 is 15.7 Å². The van der Waals surface area contributed by atoms with Gasteiger partial charge < -0.3 is 14.3 Å². The number of fused-ring (bicyclic) bond motifs is 1. The van der Waals surface area contributed by atoms with E-state index in [9.17, 15) is 17.2 Å². The van der Waals surface area contributed by atoms with Crippen LogP contribution >= 0.6 is 0 Å². The lowest BCUT2D eigenvalue weighted by Crippen LogP contribution is -2.22. The molecule has 0 saturated heterocycles. The number of halogens is 3. The molecule has 14 heteroatoms. The maximum absolute atomic E-state index is 15.5. The molecule has 4 aromatic rings. The van der Waals surface area contributed by atoms with Crippen molar-refractivity contribution in [3.05, 3.63) is 65.3 Å². The van der Waals surface area contributed by atoms with Gasteiger partial charge >= 0.3 is 0 Å². The molecule has 0 saturated carbocycles. The van der Waals surface area contributed by atoms with E-state index >= 15 is 4.39 Å². The first-order valence-corrected chi connectivity index (χ1v) is 12.3. The average molecular weight is 520 g/mol. The zero-order valence-electron chi connectivity index (χ0n) is 19.1. The highest BCUT2D eigenvalue weighted by Gasteiger charge is 2.31. The summed E-state index contributed by atoms with van der Waals surface area (Å²) >= 11 is 0. The zero-order valence-corrected chi connectivity index (χ0v) is 19.9. The molecule has 10 nitrogen and oxygen atoms in total. The SMILES string of the molecule is COc1ncc(F)cc1S(=O)(=O)Nc1ccc(F)c([C@H]2CCc3c(-c4nnc(C)[nH]4)ncn3C2)c1F. The van der Waals surface area contributed by atoms with Crippen molar-refractivity contribution in [1.29, 1.82) is 0 Å². The molecular weight excluding hydrogens is 499 g/mol. The number of anilines is 1. The highest BCUT2D eigenvalue weighted by atomic mass is 32.2. The summed E-state index contributed by atoms with van der Waals surface area (Å²) in [4.78, 5) is 10.4. The number of hydrogen-bond donors (Lipinski definition) is 2. The minimum absolute atomic E-state index is 0.223. The summed E-state index contributed by atoms with van der Waals surface area (Å²) in [6.45, 7) is 1.99. The van der Waals surface area contributed by atoms with Crippen LogP contribution < -0.4 is 9.46 Å². The van der Waals surface area contributed by atoms with Crippen LogP contribution in [0.2, 0.25) is 0 Å². The Kier molecular flexibility index (Phi) is 5.90. The number of benzene rings is 1. The maximum atomic E-state index is 15.5. The van der Waals surface area contributed by atoms with E-state index in [0.717, 1.165) is 31.1 Å². The number of sulfonamides is 1. The largest absolute Gasteiger partial charge is 0.480 e. The number of H-pyrrole nitrogens is 1. The maximum Gasteiger partial charge on any atom is 0.267 e. The highest BCUT2D eigenvalue weighted by Crippen LogP contribution is 2.37. The van der Waals surface area contributed by atoms with E-state index in [1.807, 2.05) is 0 Å². The van der Waals surface area contributed by atoms with Crippen molar-refractivity contribution in [1.82, 2.24) is 29.7 Å². The van der Waals surface area contributed by atoms with Crippen LogP contribution in [0.3, 0.4) is 0 Å². The van der Waals surface area contributed by atoms with Crippen LogP contribution in [0, 0.1) is 24.4 Å². The van der Waals surface area contributed by atoms with Gasteiger partial charge in [-0.25, -0.2) is 31.6 Å². The first kappa shape index (κ1) is 23.8. The monoisotopic (exact) mass is 519 g/mol.